The molecule has 0 saturated carbocycles. The summed E-state index contributed by atoms with van der Waals surface area (Å²) in [4.78, 5) is 4.73. The minimum absolute atomic E-state index is 0.00724. The van der Waals surface area contributed by atoms with Crippen LogP contribution in [0.15, 0.2) is 65.8 Å². The number of nitrogens with zero attached hydrogens (tertiary/aromatic N) is 2. The molecule has 1 aliphatic rings. The van der Waals surface area contributed by atoms with Gasteiger partial charge in [0.05, 0.1) is 28.7 Å². The fourth-order valence-electron chi connectivity index (χ4n) is 3.13. The Kier molecular flexibility index (Phi) is 3.73. The maximum Gasteiger partial charge on any atom is 0.270 e. The Balaban J connectivity index is 1.84. The minimum atomic E-state index is -2.85. The first-order chi connectivity index (χ1) is 11.9. The van der Waals surface area contributed by atoms with Gasteiger partial charge in [-0.05, 0) is 23.8 Å². The first-order valence-corrected chi connectivity index (χ1v) is 8.31. The van der Waals surface area contributed by atoms with E-state index in [1.807, 2.05) is 41.1 Å². The van der Waals surface area contributed by atoms with Gasteiger partial charge in [0.1, 0.15) is 0 Å². The van der Waals surface area contributed by atoms with Gasteiger partial charge in [-0.1, -0.05) is 48.0 Å². The summed E-state index contributed by atoms with van der Waals surface area (Å²) in [6.45, 7) is 1.38. The lowest BCUT2D eigenvalue weighted by molar-refractivity contribution is 0.0175. The zero-order valence-corrected chi connectivity index (χ0v) is 14.3. The molecule has 25 heavy (non-hydrogen) atoms. The fraction of sp³-hybridized carbons (Fsp3) is 0.150. The van der Waals surface area contributed by atoms with Crippen LogP contribution in [0, 0.1) is 0 Å². The summed E-state index contributed by atoms with van der Waals surface area (Å²) in [7, 11) is 0. The molecule has 2 aromatic carbocycles. The molecule has 0 spiro atoms. The van der Waals surface area contributed by atoms with Crippen LogP contribution in [0.1, 0.15) is 29.3 Å². The van der Waals surface area contributed by atoms with Gasteiger partial charge in [-0.3, -0.25) is 4.99 Å². The number of rotatable bonds is 2. The van der Waals surface area contributed by atoms with Gasteiger partial charge in [-0.15, -0.1) is 0 Å². The third-order valence-corrected chi connectivity index (χ3v) is 4.68. The molecule has 2 heterocycles. The van der Waals surface area contributed by atoms with E-state index < -0.39 is 5.92 Å². The monoisotopic (exact) mass is 356 g/mol. The quantitative estimate of drug-likeness (QED) is 0.569. The van der Waals surface area contributed by atoms with Crippen LogP contribution in [-0.4, -0.2) is 10.3 Å². The van der Waals surface area contributed by atoms with Gasteiger partial charge < -0.3 is 4.57 Å². The van der Waals surface area contributed by atoms with Crippen molar-refractivity contribution in [3.63, 3.8) is 0 Å². The van der Waals surface area contributed by atoms with Gasteiger partial charge in [0.15, 0.2) is 0 Å². The predicted molar refractivity (Wildman–Crippen MR) is 96.1 cm³/mol. The molecule has 0 radical (unpaired) electrons. The molecule has 0 amide bonds. The van der Waals surface area contributed by atoms with Gasteiger partial charge in [-0.2, -0.15) is 0 Å². The van der Waals surface area contributed by atoms with E-state index in [0.29, 0.717) is 11.6 Å². The average Bonchev–Trinajstić information content (AvgIpc) is 2.98. The Labute approximate surface area is 149 Å². The van der Waals surface area contributed by atoms with E-state index in [9.17, 15) is 8.78 Å². The van der Waals surface area contributed by atoms with Crippen LogP contribution in [0.5, 0.6) is 0 Å². The van der Waals surface area contributed by atoms with Gasteiger partial charge in [0.25, 0.3) is 5.92 Å². The number of benzene rings is 2. The van der Waals surface area contributed by atoms with E-state index in [4.69, 9.17) is 16.6 Å². The molecular weight excluding hydrogens is 342 g/mol. The Morgan fingerprint density at radius 1 is 1.04 bits per heavy atom. The molecule has 5 heteroatoms. The summed E-state index contributed by atoms with van der Waals surface area (Å²) in [6, 6.07) is 15.9. The molecule has 126 valence electrons. The molecule has 0 bridgehead atoms. The Bertz CT molecular complexity index is 966. The largest absolute Gasteiger partial charge is 0.313 e. The third kappa shape index (κ3) is 2.76. The summed E-state index contributed by atoms with van der Waals surface area (Å²) in [5.74, 6) is -2.85. The Morgan fingerprint density at radius 2 is 1.80 bits per heavy atom. The van der Waals surface area contributed by atoms with E-state index in [1.54, 1.807) is 12.1 Å². The summed E-state index contributed by atoms with van der Waals surface area (Å²) in [6.07, 6.45) is 1.94. The predicted octanol–water partition coefficient (Wildman–Crippen LogP) is 5.59. The van der Waals surface area contributed by atoms with Crippen molar-refractivity contribution in [3.8, 4) is 5.69 Å². The highest BCUT2D eigenvalue weighted by molar-refractivity contribution is 6.32. The number of fused-ring (bicyclic) bond motifs is 3. The first-order valence-electron chi connectivity index (χ1n) is 7.94. The van der Waals surface area contributed by atoms with Crippen LogP contribution in [0.25, 0.3) is 5.69 Å². The molecule has 0 atom stereocenters. The van der Waals surface area contributed by atoms with Crippen LogP contribution in [0.3, 0.4) is 0 Å². The summed E-state index contributed by atoms with van der Waals surface area (Å²) in [5, 5.41) is 0.660. The van der Waals surface area contributed by atoms with Crippen molar-refractivity contribution in [2.45, 2.75) is 19.4 Å². The van der Waals surface area contributed by atoms with Crippen molar-refractivity contribution >= 4 is 17.3 Å². The second-order valence-electron chi connectivity index (χ2n) is 6.14. The molecular formula is C20H15ClF2N2. The highest BCUT2D eigenvalue weighted by Crippen LogP contribution is 2.31. The molecule has 0 aliphatic carbocycles. The highest BCUT2D eigenvalue weighted by Gasteiger charge is 2.25. The van der Waals surface area contributed by atoms with Crippen molar-refractivity contribution in [1.82, 2.24) is 4.57 Å². The number of aliphatic imine (C=N–C) groups is 1. The maximum absolute atomic E-state index is 13.5. The van der Waals surface area contributed by atoms with Crippen molar-refractivity contribution in [2.24, 2.45) is 4.99 Å². The number of hydrogen-bond acceptors (Lipinski definition) is 1. The van der Waals surface area contributed by atoms with Crippen LogP contribution in [0.4, 0.5) is 8.78 Å². The van der Waals surface area contributed by atoms with Crippen molar-refractivity contribution < 1.29 is 8.78 Å². The second-order valence-corrected chi connectivity index (χ2v) is 6.55. The number of hydrogen-bond donors (Lipinski definition) is 0. The smallest absolute Gasteiger partial charge is 0.270 e. The lowest BCUT2D eigenvalue weighted by Gasteiger charge is -2.13. The Morgan fingerprint density at radius 3 is 2.52 bits per heavy atom. The summed E-state index contributed by atoms with van der Waals surface area (Å²) in [5.41, 5.74) is 4.39. The summed E-state index contributed by atoms with van der Waals surface area (Å²) < 4.78 is 28.9. The zero-order valence-electron chi connectivity index (χ0n) is 13.5. The molecule has 1 aromatic heterocycles. The lowest BCUT2D eigenvalue weighted by Crippen LogP contribution is -2.10. The Hall–Kier alpha value is -2.46. The molecule has 0 saturated heterocycles. The van der Waals surface area contributed by atoms with Crippen LogP contribution in [-0.2, 0) is 12.5 Å². The van der Waals surface area contributed by atoms with Crippen LogP contribution < -0.4 is 0 Å². The molecule has 2 nitrogen and oxygen atoms in total. The molecule has 1 aliphatic heterocycles. The van der Waals surface area contributed by atoms with E-state index in [2.05, 4.69) is 0 Å². The van der Waals surface area contributed by atoms with Gasteiger partial charge in [0.2, 0.25) is 0 Å². The standard InChI is InChI=1S/C20H15ClF2N2/c1-20(22,23)15-9-7-13(8-10-15)18-17-6-3-11-25(17)19-14(12-24-18)4-2-5-16(19)21/h2-11H,12H2,1H3. The number of para-hydroxylation sites is 1. The van der Waals surface area contributed by atoms with E-state index in [1.165, 1.54) is 12.1 Å². The van der Waals surface area contributed by atoms with Gasteiger partial charge in [-0.25, -0.2) is 8.78 Å². The topological polar surface area (TPSA) is 17.3 Å². The van der Waals surface area contributed by atoms with E-state index >= 15 is 0 Å². The van der Waals surface area contributed by atoms with E-state index in [-0.39, 0.29) is 5.56 Å². The summed E-state index contributed by atoms with van der Waals surface area (Å²) >= 11 is 6.41. The van der Waals surface area contributed by atoms with Crippen LogP contribution >= 0.6 is 11.6 Å². The van der Waals surface area contributed by atoms with Crippen molar-refractivity contribution in [3.05, 3.63) is 88.2 Å². The number of halogens is 3. The number of alkyl halides is 2. The highest BCUT2D eigenvalue weighted by atomic mass is 35.5. The van der Waals surface area contributed by atoms with Crippen molar-refractivity contribution in [1.29, 1.82) is 0 Å². The molecule has 4 rings (SSSR count). The molecule has 0 N–H and O–H groups in total. The zero-order chi connectivity index (χ0) is 17.6. The second kappa shape index (κ2) is 5.81. The van der Waals surface area contributed by atoms with Crippen LogP contribution in [0.2, 0.25) is 5.02 Å². The normalized spacial score (nSPS) is 13.7. The number of aromatic nitrogens is 1. The van der Waals surface area contributed by atoms with E-state index in [0.717, 1.165) is 35.1 Å². The molecule has 3 aromatic rings. The van der Waals surface area contributed by atoms with Crippen molar-refractivity contribution in [2.75, 3.05) is 0 Å². The lowest BCUT2D eigenvalue weighted by atomic mass is 10.0. The average molecular weight is 357 g/mol. The SMILES string of the molecule is CC(F)(F)c1ccc(C2=NCc3cccc(Cl)c3-n3cccc32)cc1. The molecule has 0 unspecified atom stereocenters. The maximum atomic E-state index is 13.5. The first kappa shape index (κ1) is 16.0. The third-order valence-electron chi connectivity index (χ3n) is 4.38. The molecule has 0 fully saturated rings. The minimum Gasteiger partial charge on any atom is -0.313 e. The fourth-order valence-corrected chi connectivity index (χ4v) is 3.42. The van der Waals surface area contributed by atoms with Gasteiger partial charge >= 0.3 is 0 Å². The van der Waals surface area contributed by atoms with Gasteiger partial charge in [0, 0.05) is 24.2 Å².